The maximum atomic E-state index is 11.5. The first-order valence-electron chi connectivity index (χ1n) is 6.80. The summed E-state index contributed by atoms with van der Waals surface area (Å²) < 4.78 is 4.55. The molecule has 4 nitrogen and oxygen atoms in total. The van der Waals surface area contributed by atoms with Crippen molar-refractivity contribution in [1.29, 1.82) is 0 Å². The maximum Gasteiger partial charge on any atom is 0.305 e. The molecule has 0 radical (unpaired) electrons. The summed E-state index contributed by atoms with van der Waals surface area (Å²) in [6.45, 7) is 0.624. The molecule has 4 heteroatoms. The van der Waals surface area contributed by atoms with Gasteiger partial charge in [-0.2, -0.15) is 0 Å². The Morgan fingerprint density at radius 3 is 2.60 bits per heavy atom. The van der Waals surface area contributed by atoms with Gasteiger partial charge in [-0.25, -0.2) is 0 Å². The third-order valence-electron chi connectivity index (χ3n) is 2.81. The fourth-order valence-electron chi connectivity index (χ4n) is 1.68. The Hall–Kier alpha value is -2.10. The number of esters is 1. The minimum atomic E-state index is -0.181. The Morgan fingerprint density at radius 1 is 1.15 bits per heavy atom. The van der Waals surface area contributed by atoms with Gasteiger partial charge in [0.25, 0.3) is 0 Å². The first-order valence-corrected chi connectivity index (χ1v) is 6.80. The smallest absolute Gasteiger partial charge is 0.305 e. The summed E-state index contributed by atoms with van der Waals surface area (Å²) in [6, 6.07) is 9.68. The number of unbranched alkanes of at least 4 members (excludes halogenated alkanes) is 2. The van der Waals surface area contributed by atoms with Crippen LogP contribution in [0.5, 0.6) is 0 Å². The van der Waals surface area contributed by atoms with Crippen LogP contribution in [0.4, 0.5) is 0 Å². The predicted octanol–water partition coefficient (Wildman–Crippen LogP) is 2.55. The van der Waals surface area contributed by atoms with Gasteiger partial charge < -0.3 is 10.1 Å². The number of ether oxygens (including phenoxy) is 1. The summed E-state index contributed by atoms with van der Waals surface area (Å²) in [5, 5.41) is 2.81. The molecule has 0 aliphatic carbocycles. The van der Waals surface area contributed by atoms with Crippen LogP contribution in [0.1, 0.15) is 31.2 Å². The van der Waals surface area contributed by atoms with Crippen LogP contribution in [0.15, 0.2) is 36.4 Å². The van der Waals surface area contributed by atoms with Gasteiger partial charge in [-0.3, -0.25) is 9.59 Å². The average molecular weight is 275 g/mol. The molecule has 0 unspecified atom stereocenters. The summed E-state index contributed by atoms with van der Waals surface area (Å²) in [5.41, 5.74) is 1.00. The van der Waals surface area contributed by atoms with E-state index in [-0.39, 0.29) is 11.9 Å². The molecule has 0 saturated heterocycles. The van der Waals surface area contributed by atoms with Crippen molar-refractivity contribution in [2.45, 2.75) is 25.7 Å². The van der Waals surface area contributed by atoms with Crippen molar-refractivity contribution < 1.29 is 14.3 Å². The predicted molar refractivity (Wildman–Crippen MR) is 79.0 cm³/mol. The molecule has 0 fully saturated rings. The number of methoxy groups -OCH3 is 1. The molecule has 0 aliphatic heterocycles. The van der Waals surface area contributed by atoms with Crippen LogP contribution in [0.2, 0.25) is 0 Å². The van der Waals surface area contributed by atoms with Crippen LogP contribution >= 0.6 is 0 Å². The first-order chi connectivity index (χ1) is 9.72. The molecule has 1 N–H and O–H groups in total. The summed E-state index contributed by atoms with van der Waals surface area (Å²) in [4.78, 5) is 22.4. The van der Waals surface area contributed by atoms with E-state index < -0.39 is 0 Å². The number of carbonyl (C=O) groups excluding carboxylic acids is 2. The molecule has 0 aromatic heterocycles. The summed E-state index contributed by atoms with van der Waals surface area (Å²) in [6.07, 6.45) is 6.32. The molecule has 0 heterocycles. The van der Waals surface area contributed by atoms with Gasteiger partial charge in [-0.15, -0.1) is 0 Å². The zero-order valence-corrected chi connectivity index (χ0v) is 11.8. The third-order valence-corrected chi connectivity index (χ3v) is 2.81. The molecule has 0 atom stereocenters. The van der Waals surface area contributed by atoms with E-state index in [4.69, 9.17) is 0 Å². The molecule has 0 saturated carbocycles. The maximum absolute atomic E-state index is 11.5. The van der Waals surface area contributed by atoms with Crippen LogP contribution < -0.4 is 5.32 Å². The highest BCUT2D eigenvalue weighted by atomic mass is 16.5. The van der Waals surface area contributed by atoms with Gasteiger partial charge in [0.15, 0.2) is 0 Å². The second-order valence-electron chi connectivity index (χ2n) is 4.42. The fourth-order valence-corrected chi connectivity index (χ4v) is 1.68. The lowest BCUT2D eigenvalue weighted by molar-refractivity contribution is -0.140. The molecule has 0 spiro atoms. The van der Waals surface area contributed by atoms with Crippen LogP contribution in [-0.2, 0) is 14.3 Å². The molecule has 20 heavy (non-hydrogen) atoms. The first kappa shape index (κ1) is 16.0. The molecule has 108 valence electrons. The van der Waals surface area contributed by atoms with Gasteiger partial charge in [0.1, 0.15) is 0 Å². The number of amides is 1. The van der Waals surface area contributed by atoms with E-state index in [2.05, 4.69) is 10.1 Å². The lowest BCUT2D eigenvalue weighted by atomic mass is 10.2. The van der Waals surface area contributed by atoms with E-state index in [9.17, 15) is 9.59 Å². The molecular formula is C16H21NO3. The van der Waals surface area contributed by atoms with Gasteiger partial charge >= 0.3 is 5.97 Å². The second-order valence-corrected chi connectivity index (χ2v) is 4.42. The molecule has 1 rings (SSSR count). The Kier molecular flexibility index (Phi) is 7.80. The van der Waals surface area contributed by atoms with E-state index in [1.54, 1.807) is 6.08 Å². The molecule has 1 aromatic rings. The summed E-state index contributed by atoms with van der Waals surface area (Å²) in [5.74, 6) is -0.276. The van der Waals surface area contributed by atoms with Crippen molar-refractivity contribution in [3.8, 4) is 0 Å². The number of carbonyl (C=O) groups is 2. The zero-order chi connectivity index (χ0) is 14.6. The number of rotatable bonds is 8. The van der Waals surface area contributed by atoms with E-state index in [1.165, 1.54) is 13.2 Å². The summed E-state index contributed by atoms with van der Waals surface area (Å²) in [7, 11) is 1.39. The van der Waals surface area contributed by atoms with Gasteiger partial charge in [0.2, 0.25) is 5.91 Å². The molecular weight excluding hydrogens is 254 g/mol. The van der Waals surface area contributed by atoms with Crippen molar-refractivity contribution in [2.75, 3.05) is 13.7 Å². The monoisotopic (exact) mass is 275 g/mol. The minimum absolute atomic E-state index is 0.0955. The number of hydrogen-bond donors (Lipinski definition) is 1. The van der Waals surface area contributed by atoms with Gasteiger partial charge in [0.05, 0.1) is 7.11 Å². The summed E-state index contributed by atoms with van der Waals surface area (Å²) >= 11 is 0. The Balaban J connectivity index is 2.09. The highest BCUT2D eigenvalue weighted by Crippen LogP contribution is 2.01. The number of nitrogens with one attached hydrogen (secondary N) is 1. The van der Waals surface area contributed by atoms with Crippen LogP contribution in [0.25, 0.3) is 6.08 Å². The topological polar surface area (TPSA) is 55.4 Å². The highest BCUT2D eigenvalue weighted by Gasteiger charge is 1.99. The van der Waals surface area contributed by atoms with Crippen molar-refractivity contribution >= 4 is 18.0 Å². The Labute approximate surface area is 119 Å². The van der Waals surface area contributed by atoms with E-state index in [1.807, 2.05) is 30.3 Å². The number of benzene rings is 1. The molecule has 0 bridgehead atoms. The van der Waals surface area contributed by atoms with Crippen LogP contribution in [0, 0.1) is 0 Å². The van der Waals surface area contributed by atoms with Gasteiger partial charge in [-0.05, 0) is 24.5 Å². The van der Waals surface area contributed by atoms with Crippen molar-refractivity contribution in [3.63, 3.8) is 0 Å². The lowest BCUT2D eigenvalue weighted by Gasteiger charge is -2.02. The fraction of sp³-hybridized carbons (Fsp3) is 0.375. The van der Waals surface area contributed by atoms with Gasteiger partial charge in [0, 0.05) is 19.0 Å². The second kappa shape index (κ2) is 9.78. The number of hydrogen-bond acceptors (Lipinski definition) is 3. The quantitative estimate of drug-likeness (QED) is 0.450. The van der Waals surface area contributed by atoms with E-state index >= 15 is 0 Å². The highest BCUT2D eigenvalue weighted by molar-refractivity contribution is 5.91. The lowest BCUT2D eigenvalue weighted by Crippen LogP contribution is -2.22. The van der Waals surface area contributed by atoms with Crippen molar-refractivity contribution in [2.24, 2.45) is 0 Å². The molecule has 1 amide bonds. The molecule has 1 aromatic carbocycles. The third kappa shape index (κ3) is 7.36. The SMILES string of the molecule is COC(=O)CCCCCNC(=O)C=Cc1ccccc1. The Bertz CT molecular complexity index is 440. The average Bonchev–Trinajstić information content (AvgIpc) is 2.49. The van der Waals surface area contributed by atoms with E-state index in [0.717, 1.165) is 24.8 Å². The zero-order valence-electron chi connectivity index (χ0n) is 11.8. The van der Waals surface area contributed by atoms with Crippen molar-refractivity contribution in [1.82, 2.24) is 5.32 Å². The Morgan fingerprint density at radius 2 is 1.90 bits per heavy atom. The van der Waals surface area contributed by atoms with Crippen molar-refractivity contribution in [3.05, 3.63) is 42.0 Å². The molecule has 0 aliphatic rings. The normalized spacial score (nSPS) is 10.4. The van der Waals surface area contributed by atoms with Gasteiger partial charge in [-0.1, -0.05) is 36.8 Å². The van der Waals surface area contributed by atoms with E-state index in [0.29, 0.717) is 13.0 Å². The van der Waals surface area contributed by atoms with Crippen LogP contribution in [-0.4, -0.2) is 25.5 Å². The standard InChI is InChI=1S/C16H21NO3/c1-20-16(19)10-6-3-7-13-17-15(18)12-11-14-8-4-2-5-9-14/h2,4-5,8-9,11-12H,3,6-7,10,13H2,1H3,(H,17,18). The largest absolute Gasteiger partial charge is 0.469 e. The minimum Gasteiger partial charge on any atom is -0.469 e. The van der Waals surface area contributed by atoms with Crippen LogP contribution in [0.3, 0.4) is 0 Å².